The van der Waals surface area contributed by atoms with E-state index in [0.29, 0.717) is 12.2 Å². The number of carbonyl (C=O) groups is 1. The quantitative estimate of drug-likeness (QED) is 0.708. The molecule has 8 heteroatoms. The average Bonchev–Trinajstić information content (AvgIpc) is 3.04. The Kier molecular flexibility index (Phi) is 4.46. The van der Waals surface area contributed by atoms with Gasteiger partial charge in [-0.1, -0.05) is 0 Å². The van der Waals surface area contributed by atoms with E-state index in [9.17, 15) is 4.79 Å². The molecule has 2 aromatic rings. The number of nitrogens with one attached hydrogen (secondary N) is 2. The Balaban J connectivity index is 1.68. The lowest BCUT2D eigenvalue weighted by Crippen LogP contribution is -2.20. The highest BCUT2D eigenvalue weighted by molar-refractivity contribution is 9.10. The van der Waals surface area contributed by atoms with Crippen molar-refractivity contribution in [1.82, 2.24) is 15.3 Å². The molecule has 3 heterocycles. The third-order valence-corrected chi connectivity index (χ3v) is 4.81. The summed E-state index contributed by atoms with van der Waals surface area (Å²) in [6, 6.07) is 1.87. The van der Waals surface area contributed by atoms with Crippen LogP contribution >= 0.6 is 39.9 Å². The van der Waals surface area contributed by atoms with E-state index in [-0.39, 0.29) is 11.8 Å². The maximum absolute atomic E-state index is 11.6. The van der Waals surface area contributed by atoms with Crippen LogP contribution in [-0.2, 0) is 11.2 Å². The first-order valence-corrected chi connectivity index (χ1v) is 8.57. The van der Waals surface area contributed by atoms with E-state index in [1.54, 1.807) is 6.20 Å². The van der Waals surface area contributed by atoms with E-state index in [0.717, 1.165) is 33.2 Å². The summed E-state index contributed by atoms with van der Waals surface area (Å²) in [5.74, 6) is 0.844. The van der Waals surface area contributed by atoms with Gasteiger partial charge in [0.05, 0.1) is 5.69 Å². The summed E-state index contributed by atoms with van der Waals surface area (Å²) >= 11 is 9.23. The minimum Gasteiger partial charge on any atom is -0.356 e. The summed E-state index contributed by atoms with van der Waals surface area (Å²) in [6.45, 7) is 0.768. The highest BCUT2D eigenvalue weighted by Crippen LogP contribution is 2.27. The Morgan fingerprint density at radius 3 is 3.14 bits per heavy atom. The van der Waals surface area contributed by atoms with Crippen LogP contribution in [0.4, 0.5) is 10.9 Å². The number of carbonyl (C=O) groups excluding carboxylic acids is 1. The summed E-state index contributed by atoms with van der Waals surface area (Å²) in [7, 11) is 0. The maximum Gasteiger partial charge on any atom is 0.223 e. The molecule has 0 radical (unpaired) electrons. The van der Waals surface area contributed by atoms with Crippen molar-refractivity contribution in [2.45, 2.75) is 17.7 Å². The molecule has 5 nitrogen and oxygen atoms in total. The molecule has 110 valence electrons. The molecule has 0 spiro atoms. The van der Waals surface area contributed by atoms with Crippen LogP contribution in [0.5, 0.6) is 0 Å². The van der Waals surface area contributed by atoms with Crippen molar-refractivity contribution in [3.05, 3.63) is 27.8 Å². The SMILES string of the molecule is O=C1NCCC1Cc1csc(Nc2ncc(Br)cc2S)n1. The van der Waals surface area contributed by atoms with Gasteiger partial charge in [0.2, 0.25) is 5.91 Å². The number of thiol groups is 1. The van der Waals surface area contributed by atoms with E-state index in [4.69, 9.17) is 0 Å². The molecular weight excluding hydrogens is 372 g/mol. The van der Waals surface area contributed by atoms with Crippen LogP contribution in [0, 0.1) is 5.92 Å². The van der Waals surface area contributed by atoms with Gasteiger partial charge >= 0.3 is 0 Å². The van der Waals surface area contributed by atoms with Gasteiger partial charge in [-0.15, -0.1) is 24.0 Å². The lowest BCUT2D eigenvalue weighted by molar-refractivity contribution is -0.122. The van der Waals surface area contributed by atoms with Crippen molar-refractivity contribution in [1.29, 1.82) is 0 Å². The number of amides is 1. The molecule has 1 fully saturated rings. The Morgan fingerprint density at radius 1 is 1.57 bits per heavy atom. The third kappa shape index (κ3) is 3.56. The number of aromatic nitrogens is 2. The number of halogens is 1. The van der Waals surface area contributed by atoms with Crippen LogP contribution < -0.4 is 10.6 Å². The summed E-state index contributed by atoms with van der Waals surface area (Å²) in [4.78, 5) is 21.1. The number of rotatable bonds is 4. The van der Waals surface area contributed by atoms with Crippen molar-refractivity contribution >= 4 is 56.8 Å². The fourth-order valence-corrected chi connectivity index (χ4v) is 3.66. The van der Waals surface area contributed by atoms with Crippen molar-refractivity contribution < 1.29 is 4.79 Å². The first-order chi connectivity index (χ1) is 10.1. The number of thiazole rings is 1. The van der Waals surface area contributed by atoms with Crippen LogP contribution in [0.25, 0.3) is 0 Å². The molecule has 0 aromatic carbocycles. The van der Waals surface area contributed by atoms with Gasteiger partial charge in [0.1, 0.15) is 5.82 Å². The lowest BCUT2D eigenvalue weighted by Gasteiger charge is -2.05. The van der Waals surface area contributed by atoms with E-state index >= 15 is 0 Å². The zero-order valence-electron chi connectivity index (χ0n) is 11.0. The number of hydrogen-bond donors (Lipinski definition) is 3. The predicted octanol–water partition coefficient (Wildman–Crippen LogP) is 3.01. The first kappa shape index (κ1) is 14.8. The van der Waals surface area contributed by atoms with Crippen molar-refractivity contribution in [3.63, 3.8) is 0 Å². The summed E-state index contributed by atoms with van der Waals surface area (Å²) in [5, 5.41) is 8.74. The minimum atomic E-state index is 0.0474. The zero-order valence-corrected chi connectivity index (χ0v) is 14.3. The highest BCUT2D eigenvalue weighted by Gasteiger charge is 2.25. The van der Waals surface area contributed by atoms with E-state index in [1.165, 1.54) is 11.3 Å². The number of hydrogen-bond acceptors (Lipinski definition) is 6. The smallest absolute Gasteiger partial charge is 0.223 e. The topological polar surface area (TPSA) is 66.9 Å². The second-order valence-corrected chi connectivity index (χ2v) is 7.03. The molecule has 0 aliphatic carbocycles. The molecule has 1 atom stereocenters. The lowest BCUT2D eigenvalue weighted by atomic mass is 10.0. The van der Waals surface area contributed by atoms with Crippen LogP contribution in [0.1, 0.15) is 12.1 Å². The number of pyridine rings is 1. The predicted molar refractivity (Wildman–Crippen MR) is 89.4 cm³/mol. The van der Waals surface area contributed by atoms with E-state index < -0.39 is 0 Å². The summed E-state index contributed by atoms with van der Waals surface area (Å²) in [5.41, 5.74) is 0.933. The Labute approximate surface area is 140 Å². The van der Waals surface area contributed by atoms with Crippen molar-refractivity contribution in [2.24, 2.45) is 5.92 Å². The molecule has 21 heavy (non-hydrogen) atoms. The minimum absolute atomic E-state index is 0.0474. The molecule has 0 bridgehead atoms. The average molecular weight is 385 g/mol. The Bertz CT molecular complexity index is 676. The fraction of sp³-hybridized carbons (Fsp3) is 0.308. The molecule has 2 N–H and O–H groups in total. The second kappa shape index (κ2) is 6.33. The fourth-order valence-electron chi connectivity index (χ4n) is 2.18. The summed E-state index contributed by atoms with van der Waals surface area (Å²) in [6.07, 6.45) is 3.28. The van der Waals surface area contributed by atoms with Gasteiger partial charge in [-0.3, -0.25) is 4.79 Å². The van der Waals surface area contributed by atoms with Crippen LogP contribution in [-0.4, -0.2) is 22.4 Å². The molecule has 1 amide bonds. The zero-order chi connectivity index (χ0) is 14.8. The van der Waals surface area contributed by atoms with Crippen LogP contribution in [0.3, 0.4) is 0 Å². The number of anilines is 2. The summed E-state index contributed by atoms with van der Waals surface area (Å²) < 4.78 is 0.880. The van der Waals surface area contributed by atoms with Crippen LogP contribution in [0.15, 0.2) is 27.0 Å². The van der Waals surface area contributed by atoms with Gasteiger partial charge in [-0.05, 0) is 28.4 Å². The molecule has 3 rings (SSSR count). The molecule has 1 saturated heterocycles. The molecule has 0 saturated carbocycles. The van der Waals surface area contributed by atoms with Gasteiger partial charge in [-0.2, -0.15) is 0 Å². The van der Waals surface area contributed by atoms with Gasteiger partial charge < -0.3 is 10.6 Å². The first-order valence-electron chi connectivity index (χ1n) is 6.45. The Hall–Kier alpha value is -1.12. The van der Waals surface area contributed by atoms with E-state index in [1.807, 2.05) is 11.4 Å². The monoisotopic (exact) mass is 384 g/mol. The normalized spacial score (nSPS) is 17.8. The highest BCUT2D eigenvalue weighted by atomic mass is 79.9. The molecular formula is C13H13BrN4OS2. The number of nitrogens with zero attached hydrogens (tertiary/aromatic N) is 2. The maximum atomic E-state index is 11.6. The largest absolute Gasteiger partial charge is 0.356 e. The molecule has 1 aliphatic rings. The van der Waals surface area contributed by atoms with E-state index in [2.05, 4.69) is 49.2 Å². The van der Waals surface area contributed by atoms with Gasteiger partial charge in [0.15, 0.2) is 5.13 Å². The second-order valence-electron chi connectivity index (χ2n) is 4.77. The van der Waals surface area contributed by atoms with Gasteiger partial charge in [0.25, 0.3) is 0 Å². The van der Waals surface area contributed by atoms with Crippen molar-refractivity contribution in [2.75, 3.05) is 11.9 Å². The Morgan fingerprint density at radius 2 is 2.43 bits per heavy atom. The third-order valence-electron chi connectivity index (χ3n) is 3.23. The van der Waals surface area contributed by atoms with Gasteiger partial charge in [-0.25, -0.2) is 9.97 Å². The van der Waals surface area contributed by atoms with Crippen LogP contribution in [0.2, 0.25) is 0 Å². The standard InChI is InChI=1S/C13H13BrN4OS2/c14-8-4-10(20)11(16-5-8)18-13-17-9(6-21-13)3-7-1-2-15-12(7)19/h4-7,20H,1-3H2,(H,15,19)(H,16,17,18). The molecule has 1 unspecified atom stereocenters. The van der Waals surface area contributed by atoms with Gasteiger partial charge in [0, 0.05) is 39.8 Å². The van der Waals surface area contributed by atoms with Crippen molar-refractivity contribution in [3.8, 4) is 0 Å². The molecule has 2 aromatic heterocycles. The molecule has 1 aliphatic heterocycles.